The predicted octanol–water partition coefficient (Wildman–Crippen LogP) is 0.926. The smallest absolute Gasteiger partial charge is 0.305 e. The van der Waals surface area contributed by atoms with Gasteiger partial charge in [0.05, 0.1) is 23.7 Å². The lowest BCUT2D eigenvalue weighted by Crippen LogP contribution is -2.14. The van der Waals surface area contributed by atoms with Crippen LogP contribution in [0, 0.1) is 6.92 Å². The van der Waals surface area contributed by atoms with E-state index in [0.717, 1.165) is 10.6 Å². The van der Waals surface area contributed by atoms with E-state index in [4.69, 9.17) is 10.8 Å². The molecule has 0 aliphatic carbocycles. The highest BCUT2D eigenvalue weighted by Crippen LogP contribution is 2.21. The Bertz CT molecular complexity index is 285. The molecule has 0 fully saturated rings. The van der Waals surface area contributed by atoms with Gasteiger partial charge in [0.1, 0.15) is 0 Å². The summed E-state index contributed by atoms with van der Waals surface area (Å²) in [4.78, 5) is 15.2. The third-order valence-corrected chi connectivity index (χ3v) is 2.58. The molecule has 1 aromatic heterocycles. The molecule has 0 radical (unpaired) electrons. The molecule has 0 unspecified atom stereocenters. The summed E-state index contributed by atoms with van der Waals surface area (Å²) < 4.78 is 0. The van der Waals surface area contributed by atoms with E-state index >= 15 is 0 Å². The molecule has 0 bridgehead atoms. The third-order valence-electron chi connectivity index (χ3n) is 1.51. The van der Waals surface area contributed by atoms with Gasteiger partial charge in [-0.2, -0.15) is 0 Å². The van der Waals surface area contributed by atoms with Gasteiger partial charge in [0.2, 0.25) is 0 Å². The standard InChI is InChI=1S/C7H10N2O2S/c1-4-7(12-3-9-4)5(8)2-6(10)11/h3,5H,2,8H2,1H3,(H,10,11)/t5-/m1/s1. The van der Waals surface area contributed by atoms with Crippen LogP contribution in [0.2, 0.25) is 0 Å². The lowest BCUT2D eigenvalue weighted by atomic mass is 10.1. The molecule has 1 atom stereocenters. The van der Waals surface area contributed by atoms with Crippen molar-refractivity contribution in [1.29, 1.82) is 0 Å². The number of aromatic nitrogens is 1. The van der Waals surface area contributed by atoms with E-state index in [1.807, 2.05) is 6.92 Å². The number of carboxylic acids is 1. The highest BCUT2D eigenvalue weighted by atomic mass is 32.1. The number of rotatable bonds is 3. The van der Waals surface area contributed by atoms with Crippen molar-refractivity contribution in [3.63, 3.8) is 0 Å². The van der Waals surface area contributed by atoms with Gasteiger partial charge in [-0.25, -0.2) is 4.98 Å². The second kappa shape index (κ2) is 3.64. The number of hydrogen-bond acceptors (Lipinski definition) is 4. The fourth-order valence-corrected chi connectivity index (χ4v) is 1.75. The lowest BCUT2D eigenvalue weighted by Gasteiger charge is -2.05. The van der Waals surface area contributed by atoms with E-state index in [-0.39, 0.29) is 6.42 Å². The number of carbonyl (C=O) groups is 1. The number of carboxylic acid groups (broad SMARTS) is 1. The SMILES string of the molecule is Cc1ncsc1[C@H](N)CC(=O)O. The van der Waals surface area contributed by atoms with Crippen LogP contribution in [-0.4, -0.2) is 16.1 Å². The molecular weight excluding hydrogens is 176 g/mol. The Kier molecular flexibility index (Phi) is 2.78. The molecule has 5 heteroatoms. The maximum Gasteiger partial charge on any atom is 0.305 e. The Hall–Kier alpha value is -0.940. The van der Waals surface area contributed by atoms with Gasteiger partial charge < -0.3 is 10.8 Å². The van der Waals surface area contributed by atoms with Crippen molar-refractivity contribution in [3.8, 4) is 0 Å². The molecule has 0 amide bonds. The Balaban J connectivity index is 2.71. The monoisotopic (exact) mass is 186 g/mol. The number of nitrogens with zero attached hydrogens (tertiary/aromatic N) is 1. The second-order valence-electron chi connectivity index (χ2n) is 2.51. The normalized spacial score (nSPS) is 12.8. The summed E-state index contributed by atoms with van der Waals surface area (Å²) in [5, 5.41) is 8.48. The molecule has 0 saturated heterocycles. The van der Waals surface area contributed by atoms with Gasteiger partial charge in [0.15, 0.2) is 0 Å². The van der Waals surface area contributed by atoms with E-state index in [1.165, 1.54) is 11.3 Å². The Morgan fingerprint density at radius 1 is 1.92 bits per heavy atom. The molecule has 0 spiro atoms. The molecule has 1 rings (SSSR count). The summed E-state index contributed by atoms with van der Waals surface area (Å²) in [6.45, 7) is 1.83. The number of aryl methyl sites for hydroxylation is 1. The predicted molar refractivity (Wildman–Crippen MR) is 46.0 cm³/mol. The van der Waals surface area contributed by atoms with Crippen LogP contribution >= 0.6 is 11.3 Å². The van der Waals surface area contributed by atoms with Crippen molar-refractivity contribution in [2.24, 2.45) is 5.73 Å². The van der Waals surface area contributed by atoms with E-state index in [2.05, 4.69) is 4.98 Å². The first-order valence-corrected chi connectivity index (χ1v) is 4.36. The van der Waals surface area contributed by atoms with Gasteiger partial charge >= 0.3 is 5.97 Å². The van der Waals surface area contributed by atoms with Gasteiger partial charge in [-0.3, -0.25) is 4.79 Å². The average molecular weight is 186 g/mol. The van der Waals surface area contributed by atoms with Gasteiger partial charge in [-0.1, -0.05) is 0 Å². The number of hydrogen-bond donors (Lipinski definition) is 2. The minimum atomic E-state index is -0.879. The molecule has 0 aliphatic heterocycles. The second-order valence-corrected chi connectivity index (χ2v) is 3.39. The Morgan fingerprint density at radius 3 is 3.00 bits per heavy atom. The van der Waals surface area contributed by atoms with Crippen LogP contribution in [0.4, 0.5) is 0 Å². The molecule has 0 aliphatic rings. The van der Waals surface area contributed by atoms with Gasteiger partial charge in [-0.15, -0.1) is 11.3 Å². The van der Waals surface area contributed by atoms with Crippen LogP contribution in [0.1, 0.15) is 23.0 Å². The highest BCUT2D eigenvalue weighted by molar-refractivity contribution is 7.09. The molecule has 0 saturated carbocycles. The topological polar surface area (TPSA) is 76.2 Å². The first-order valence-electron chi connectivity index (χ1n) is 3.48. The van der Waals surface area contributed by atoms with Crippen molar-refractivity contribution in [2.45, 2.75) is 19.4 Å². The number of thiazole rings is 1. The van der Waals surface area contributed by atoms with Crippen LogP contribution < -0.4 is 5.73 Å². The van der Waals surface area contributed by atoms with Crippen molar-refractivity contribution in [3.05, 3.63) is 16.1 Å². The summed E-state index contributed by atoms with van der Waals surface area (Å²) in [7, 11) is 0. The van der Waals surface area contributed by atoms with Crippen LogP contribution in [0.15, 0.2) is 5.51 Å². The molecule has 12 heavy (non-hydrogen) atoms. The first kappa shape index (κ1) is 9.15. The van der Waals surface area contributed by atoms with Crippen molar-refractivity contribution < 1.29 is 9.90 Å². The zero-order valence-electron chi connectivity index (χ0n) is 6.65. The minimum absolute atomic E-state index is 0.0387. The molecule has 1 heterocycles. The van der Waals surface area contributed by atoms with Crippen LogP contribution in [0.3, 0.4) is 0 Å². The van der Waals surface area contributed by atoms with Crippen molar-refractivity contribution in [1.82, 2.24) is 4.98 Å². The van der Waals surface area contributed by atoms with Gasteiger partial charge in [0, 0.05) is 4.88 Å². The Labute approximate surface area is 74.0 Å². The number of aliphatic carboxylic acids is 1. The minimum Gasteiger partial charge on any atom is -0.481 e. The van der Waals surface area contributed by atoms with E-state index < -0.39 is 12.0 Å². The maximum absolute atomic E-state index is 10.3. The molecule has 4 nitrogen and oxygen atoms in total. The van der Waals surface area contributed by atoms with E-state index in [1.54, 1.807) is 5.51 Å². The quantitative estimate of drug-likeness (QED) is 0.736. The van der Waals surface area contributed by atoms with Gasteiger partial charge in [-0.05, 0) is 6.92 Å². The van der Waals surface area contributed by atoms with Crippen molar-refractivity contribution >= 4 is 17.3 Å². The van der Waals surface area contributed by atoms with Crippen LogP contribution in [0.5, 0.6) is 0 Å². The van der Waals surface area contributed by atoms with Gasteiger partial charge in [0.25, 0.3) is 0 Å². The van der Waals surface area contributed by atoms with E-state index in [0.29, 0.717) is 0 Å². The average Bonchev–Trinajstić information content (AvgIpc) is 2.33. The summed E-state index contributed by atoms with van der Waals surface area (Å²) >= 11 is 1.40. The van der Waals surface area contributed by atoms with E-state index in [9.17, 15) is 4.79 Å². The summed E-state index contributed by atoms with van der Waals surface area (Å²) in [6, 6.07) is -0.421. The highest BCUT2D eigenvalue weighted by Gasteiger charge is 2.14. The Morgan fingerprint density at radius 2 is 2.58 bits per heavy atom. The van der Waals surface area contributed by atoms with Crippen LogP contribution in [-0.2, 0) is 4.79 Å². The zero-order valence-corrected chi connectivity index (χ0v) is 7.47. The first-order chi connectivity index (χ1) is 5.61. The summed E-state index contributed by atoms with van der Waals surface area (Å²) in [5.41, 5.74) is 8.13. The van der Waals surface area contributed by atoms with Crippen molar-refractivity contribution in [2.75, 3.05) is 0 Å². The molecule has 66 valence electrons. The third kappa shape index (κ3) is 2.02. The largest absolute Gasteiger partial charge is 0.481 e. The molecule has 3 N–H and O–H groups in total. The summed E-state index contributed by atoms with van der Waals surface area (Å²) in [5.74, 6) is -0.879. The fraction of sp³-hybridized carbons (Fsp3) is 0.429. The van der Waals surface area contributed by atoms with Crippen LogP contribution in [0.25, 0.3) is 0 Å². The molecular formula is C7H10N2O2S. The maximum atomic E-state index is 10.3. The summed E-state index contributed by atoms with van der Waals surface area (Å²) in [6.07, 6.45) is -0.0387. The lowest BCUT2D eigenvalue weighted by molar-refractivity contribution is -0.137. The number of nitrogens with two attached hydrogens (primary N) is 1. The fourth-order valence-electron chi connectivity index (χ4n) is 0.948. The molecule has 1 aromatic rings. The zero-order chi connectivity index (χ0) is 9.14. The molecule has 0 aromatic carbocycles.